The van der Waals surface area contributed by atoms with Crippen molar-refractivity contribution in [2.75, 3.05) is 13.2 Å². The fraction of sp³-hybridized carbons (Fsp3) is 0.630. The highest BCUT2D eigenvalue weighted by molar-refractivity contribution is 5.82. The van der Waals surface area contributed by atoms with Crippen LogP contribution in [-0.2, 0) is 15.7 Å². The molecule has 0 spiro atoms. The molecule has 0 aliphatic carbocycles. The van der Waals surface area contributed by atoms with Gasteiger partial charge in [0.1, 0.15) is 16.9 Å². The van der Waals surface area contributed by atoms with E-state index in [1.807, 2.05) is 13.8 Å². The summed E-state index contributed by atoms with van der Waals surface area (Å²) < 4.78 is 55.3. The fourth-order valence-corrected chi connectivity index (χ4v) is 4.06. The second kappa shape index (κ2) is 12.0. The largest absolute Gasteiger partial charge is 0.493 e. The van der Waals surface area contributed by atoms with Crippen LogP contribution in [0.2, 0.25) is 0 Å². The normalized spacial score (nSPS) is 13.3. The Balaban J connectivity index is 1.75. The number of rotatable bonds is 12. The number of aryl methyl sites for hydroxylation is 1. The van der Waals surface area contributed by atoms with E-state index in [1.54, 1.807) is 6.07 Å². The third-order valence-corrected chi connectivity index (χ3v) is 6.55. The monoisotopic (exact) mass is 498 g/mol. The van der Waals surface area contributed by atoms with Crippen molar-refractivity contribution >= 4 is 16.9 Å². The van der Waals surface area contributed by atoms with Crippen LogP contribution in [-0.4, -0.2) is 19.2 Å². The van der Waals surface area contributed by atoms with E-state index in [9.17, 15) is 22.8 Å². The average molecular weight is 499 g/mol. The minimum absolute atomic E-state index is 0.0606. The van der Waals surface area contributed by atoms with Gasteiger partial charge in [0.2, 0.25) is 0 Å². The molecule has 1 heterocycles. The summed E-state index contributed by atoms with van der Waals surface area (Å²) in [5, 5.41) is 0.223. The maximum Gasteiger partial charge on any atom is 0.423 e. The first kappa shape index (κ1) is 28.7. The van der Waals surface area contributed by atoms with E-state index in [2.05, 4.69) is 20.8 Å². The molecule has 0 aliphatic rings. The maximum absolute atomic E-state index is 13.1. The number of halogens is 3. The van der Waals surface area contributed by atoms with Gasteiger partial charge < -0.3 is 13.9 Å². The first-order valence-corrected chi connectivity index (χ1v) is 12.2. The van der Waals surface area contributed by atoms with Crippen LogP contribution in [0, 0.1) is 24.2 Å². The number of ether oxygens (including phenoxy) is 2. The number of unbranched alkanes of at least 4 members (excludes halogenated alkanes) is 3. The van der Waals surface area contributed by atoms with Gasteiger partial charge in [-0.2, -0.15) is 13.2 Å². The molecule has 1 atom stereocenters. The molecule has 0 amide bonds. The Morgan fingerprint density at radius 1 is 1.03 bits per heavy atom. The molecule has 0 aliphatic heterocycles. The molecule has 0 fully saturated rings. The van der Waals surface area contributed by atoms with Gasteiger partial charge in [-0.15, -0.1) is 0 Å². The number of fused-ring (bicyclic) bond motifs is 1. The fourth-order valence-electron chi connectivity index (χ4n) is 4.06. The van der Waals surface area contributed by atoms with Gasteiger partial charge in [-0.25, -0.2) is 4.79 Å². The zero-order valence-corrected chi connectivity index (χ0v) is 21.5. The van der Waals surface area contributed by atoms with E-state index in [-0.39, 0.29) is 28.4 Å². The Hall–Kier alpha value is -2.51. The van der Waals surface area contributed by atoms with Crippen molar-refractivity contribution in [1.82, 2.24) is 0 Å². The van der Waals surface area contributed by atoms with E-state index >= 15 is 0 Å². The Kier molecular flexibility index (Phi) is 9.81. The Labute approximate surface area is 205 Å². The number of alkyl halides is 3. The highest BCUT2D eigenvalue weighted by atomic mass is 19.4. The van der Waals surface area contributed by atoms with Crippen LogP contribution < -0.4 is 10.4 Å². The van der Waals surface area contributed by atoms with Crippen molar-refractivity contribution < 1.29 is 31.9 Å². The molecule has 196 valence electrons. The zero-order chi connectivity index (χ0) is 26.4. The van der Waals surface area contributed by atoms with Gasteiger partial charge in [0.25, 0.3) is 0 Å². The number of carbonyl (C=O) groups excluding carboxylic acids is 1. The van der Waals surface area contributed by atoms with Gasteiger partial charge in [-0.3, -0.25) is 4.79 Å². The Morgan fingerprint density at radius 3 is 2.26 bits per heavy atom. The second-order valence-electron chi connectivity index (χ2n) is 10.2. The molecule has 1 aromatic heterocycles. The van der Waals surface area contributed by atoms with Gasteiger partial charge in [0.15, 0.2) is 0 Å². The number of hydrogen-bond acceptors (Lipinski definition) is 5. The minimum Gasteiger partial charge on any atom is -0.493 e. The van der Waals surface area contributed by atoms with Gasteiger partial charge in [-0.05, 0) is 82.4 Å². The number of esters is 1. The smallest absolute Gasteiger partial charge is 0.423 e. The Bertz CT molecular complexity index is 1050. The van der Waals surface area contributed by atoms with E-state index < -0.39 is 22.8 Å². The predicted molar refractivity (Wildman–Crippen MR) is 130 cm³/mol. The molecule has 0 saturated heterocycles. The van der Waals surface area contributed by atoms with Gasteiger partial charge in [-0.1, -0.05) is 20.8 Å². The minimum atomic E-state index is -4.77. The lowest BCUT2D eigenvalue weighted by Crippen LogP contribution is -2.34. The highest BCUT2D eigenvalue weighted by Gasteiger charge is 2.38. The summed E-state index contributed by atoms with van der Waals surface area (Å²) in [7, 11) is 0. The van der Waals surface area contributed by atoms with Crippen molar-refractivity contribution in [3.63, 3.8) is 0 Å². The van der Waals surface area contributed by atoms with Crippen molar-refractivity contribution in [3.8, 4) is 5.75 Å². The summed E-state index contributed by atoms with van der Waals surface area (Å²) in [5.41, 5.74) is -3.29. The lowest BCUT2D eigenvalue weighted by molar-refractivity contribution is -0.157. The first-order chi connectivity index (χ1) is 16.2. The lowest BCUT2D eigenvalue weighted by atomic mass is 9.76. The third-order valence-electron chi connectivity index (χ3n) is 6.55. The standard InChI is InChI=1S/C27H37F3O5/c1-17(2)15-18(3)26(5,6)25(32)34-14-10-8-7-9-13-33-20-11-12-21-19(4)23(27(28,29)30)24(31)35-22(21)16-20/h11-12,16-18H,7-10,13-15H2,1-6H3. The molecule has 1 aromatic carbocycles. The van der Waals surface area contributed by atoms with Gasteiger partial charge >= 0.3 is 17.8 Å². The zero-order valence-electron chi connectivity index (χ0n) is 21.5. The van der Waals surface area contributed by atoms with E-state index in [0.717, 1.165) is 32.1 Å². The van der Waals surface area contributed by atoms with Crippen molar-refractivity contribution in [3.05, 3.63) is 39.7 Å². The lowest BCUT2D eigenvalue weighted by Gasteiger charge is -2.30. The van der Waals surface area contributed by atoms with Crippen LogP contribution in [0.15, 0.2) is 27.4 Å². The average Bonchev–Trinajstić information content (AvgIpc) is 2.73. The summed E-state index contributed by atoms with van der Waals surface area (Å²) in [5.74, 6) is 1.03. The molecule has 2 rings (SSSR count). The van der Waals surface area contributed by atoms with Crippen LogP contribution in [0.5, 0.6) is 5.75 Å². The molecule has 35 heavy (non-hydrogen) atoms. The molecule has 2 aromatic rings. The molecule has 0 N–H and O–H groups in total. The van der Waals surface area contributed by atoms with E-state index in [4.69, 9.17) is 13.9 Å². The number of hydrogen-bond donors (Lipinski definition) is 0. The van der Waals surface area contributed by atoms with Gasteiger partial charge in [0, 0.05) is 11.5 Å². The summed E-state index contributed by atoms with van der Waals surface area (Å²) in [6.07, 6.45) is -0.512. The molecule has 8 heteroatoms. The number of carbonyl (C=O) groups is 1. The van der Waals surface area contributed by atoms with Crippen LogP contribution in [0.3, 0.4) is 0 Å². The molecule has 0 saturated carbocycles. The second-order valence-corrected chi connectivity index (χ2v) is 10.2. The van der Waals surface area contributed by atoms with Crippen molar-refractivity contribution in [1.29, 1.82) is 0 Å². The summed E-state index contributed by atoms with van der Waals surface area (Å²) in [6, 6.07) is 4.47. The van der Waals surface area contributed by atoms with Crippen LogP contribution >= 0.6 is 0 Å². The van der Waals surface area contributed by atoms with Crippen molar-refractivity contribution in [2.45, 2.75) is 79.8 Å². The van der Waals surface area contributed by atoms with Gasteiger partial charge in [0.05, 0.1) is 18.6 Å². The molecular weight excluding hydrogens is 461 g/mol. The molecule has 1 unspecified atom stereocenters. The maximum atomic E-state index is 13.1. The third kappa shape index (κ3) is 7.74. The van der Waals surface area contributed by atoms with Crippen molar-refractivity contribution in [2.24, 2.45) is 17.3 Å². The number of benzene rings is 1. The molecular formula is C27H37F3O5. The van der Waals surface area contributed by atoms with E-state index in [1.165, 1.54) is 19.1 Å². The molecule has 5 nitrogen and oxygen atoms in total. The summed E-state index contributed by atoms with van der Waals surface area (Å²) >= 11 is 0. The van der Waals surface area contributed by atoms with Crippen LogP contribution in [0.25, 0.3) is 11.0 Å². The Morgan fingerprint density at radius 2 is 1.66 bits per heavy atom. The van der Waals surface area contributed by atoms with E-state index in [0.29, 0.717) is 24.9 Å². The molecule has 0 bridgehead atoms. The van der Waals surface area contributed by atoms with Crippen LogP contribution in [0.1, 0.15) is 77.8 Å². The topological polar surface area (TPSA) is 65.7 Å². The predicted octanol–water partition coefficient (Wildman–Crippen LogP) is 7.31. The summed E-state index contributed by atoms with van der Waals surface area (Å²) in [6.45, 7) is 12.3. The molecule has 0 radical (unpaired) electrons. The summed E-state index contributed by atoms with van der Waals surface area (Å²) in [4.78, 5) is 24.3. The quantitative estimate of drug-likeness (QED) is 0.174. The first-order valence-electron chi connectivity index (χ1n) is 12.2. The SMILES string of the molecule is Cc1c(C(F)(F)F)c(=O)oc2cc(OCCCCCCOC(=O)C(C)(C)C(C)CC(C)C)ccc12. The highest BCUT2D eigenvalue weighted by Crippen LogP contribution is 2.34. The van der Waals surface area contributed by atoms with Crippen LogP contribution in [0.4, 0.5) is 13.2 Å².